The molecule has 13 heavy (non-hydrogen) atoms. The van der Waals surface area contributed by atoms with Crippen LogP contribution in [-0.4, -0.2) is 29.7 Å². The van der Waals surface area contributed by atoms with Crippen molar-refractivity contribution in [2.75, 3.05) is 6.54 Å². The zero-order chi connectivity index (χ0) is 9.56. The van der Waals surface area contributed by atoms with E-state index in [1.165, 1.54) is 0 Å². The first-order valence-corrected chi connectivity index (χ1v) is 3.55. The van der Waals surface area contributed by atoms with Crippen molar-refractivity contribution in [1.29, 1.82) is 0 Å². The van der Waals surface area contributed by atoms with Crippen LogP contribution in [0.2, 0.25) is 0 Å². The molecule has 0 aliphatic rings. The molecule has 81 valence electrons. The van der Waals surface area contributed by atoms with Gasteiger partial charge in [-0.2, -0.15) is 0 Å². The Morgan fingerprint density at radius 2 is 2.00 bits per heavy atom. The molecule has 0 aromatic carbocycles. The first-order chi connectivity index (χ1) is 5.54. The van der Waals surface area contributed by atoms with Crippen LogP contribution in [0.4, 0.5) is 4.79 Å². The fraction of sp³-hybridized carbons (Fsp3) is 0.667. The topological polar surface area (TPSA) is 118 Å². The van der Waals surface area contributed by atoms with E-state index in [0.29, 0.717) is 19.4 Å². The van der Waals surface area contributed by atoms with Crippen LogP contribution >= 0.6 is 0 Å². The van der Waals surface area contributed by atoms with Gasteiger partial charge in [-0.3, -0.25) is 4.79 Å². The number of urea groups is 1. The molecule has 0 rings (SSSR count). The molecule has 0 saturated heterocycles. The van der Waals surface area contributed by atoms with Crippen molar-refractivity contribution < 1.29 is 31.8 Å². The van der Waals surface area contributed by atoms with Crippen LogP contribution in [0.25, 0.3) is 0 Å². The summed E-state index contributed by atoms with van der Waals surface area (Å²) in [5.74, 6) is -1.03. The van der Waals surface area contributed by atoms with Gasteiger partial charge in [-0.25, -0.2) is 4.79 Å². The molecule has 0 aliphatic carbocycles. The van der Waals surface area contributed by atoms with Crippen molar-refractivity contribution in [3.05, 3.63) is 0 Å². The van der Waals surface area contributed by atoms with Crippen molar-refractivity contribution in [3.63, 3.8) is 0 Å². The monoisotopic (exact) mass is 238 g/mol. The van der Waals surface area contributed by atoms with Gasteiger partial charge in [-0.05, 0) is 12.8 Å². The third kappa shape index (κ3) is 9.13. The SMILES string of the molecule is NC(=O)NCCC[C@H](N)C(=O)O.[Cu]. The smallest absolute Gasteiger partial charge is 0.320 e. The first kappa shape index (κ1) is 14.7. The Morgan fingerprint density at radius 3 is 2.38 bits per heavy atom. The number of amides is 2. The van der Waals surface area contributed by atoms with Crippen LogP contribution in [0.15, 0.2) is 0 Å². The maximum atomic E-state index is 10.2. The number of hydrogen-bond acceptors (Lipinski definition) is 3. The van der Waals surface area contributed by atoms with E-state index in [4.69, 9.17) is 16.6 Å². The van der Waals surface area contributed by atoms with Crippen LogP contribution in [-0.2, 0) is 21.9 Å². The summed E-state index contributed by atoms with van der Waals surface area (Å²) in [5.41, 5.74) is 9.96. The fourth-order valence-corrected chi connectivity index (χ4v) is 0.657. The van der Waals surface area contributed by atoms with E-state index in [-0.39, 0.29) is 17.1 Å². The second-order valence-electron chi connectivity index (χ2n) is 2.38. The number of carbonyl (C=O) groups excluding carboxylic acids is 1. The summed E-state index contributed by atoms with van der Waals surface area (Å²) in [7, 11) is 0. The minimum absolute atomic E-state index is 0. The minimum Gasteiger partial charge on any atom is -0.480 e. The fourth-order valence-electron chi connectivity index (χ4n) is 0.657. The van der Waals surface area contributed by atoms with Crippen LogP contribution in [0.1, 0.15) is 12.8 Å². The van der Waals surface area contributed by atoms with Gasteiger partial charge in [0.25, 0.3) is 0 Å². The Bertz CT molecular complexity index is 177. The molecule has 1 atom stereocenters. The first-order valence-electron chi connectivity index (χ1n) is 3.55. The Labute approximate surface area is 86.5 Å². The quantitative estimate of drug-likeness (QED) is 0.357. The van der Waals surface area contributed by atoms with E-state index in [2.05, 4.69) is 5.32 Å². The zero-order valence-electron chi connectivity index (χ0n) is 6.92. The van der Waals surface area contributed by atoms with E-state index in [0.717, 1.165) is 0 Å². The maximum Gasteiger partial charge on any atom is 0.320 e. The summed E-state index contributed by atoms with van der Waals surface area (Å²) >= 11 is 0. The summed E-state index contributed by atoms with van der Waals surface area (Å²) in [6.07, 6.45) is 0.839. The van der Waals surface area contributed by atoms with Gasteiger partial charge in [0.05, 0.1) is 0 Å². The van der Waals surface area contributed by atoms with E-state index < -0.39 is 18.0 Å². The predicted molar refractivity (Wildman–Crippen MR) is 42.4 cm³/mol. The third-order valence-electron chi connectivity index (χ3n) is 1.31. The number of aliphatic carboxylic acids is 1. The Hall–Kier alpha value is -0.781. The molecule has 7 heteroatoms. The normalized spacial score (nSPS) is 11.2. The van der Waals surface area contributed by atoms with E-state index in [9.17, 15) is 9.59 Å². The van der Waals surface area contributed by atoms with E-state index in [1.807, 2.05) is 0 Å². The molecular formula is C6H13CuN3O3. The Balaban J connectivity index is 0. The van der Waals surface area contributed by atoms with Crippen LogP contribution in [0, 0.1) is 0 Å². The largest absolute Gasteiger partial charge is 0.480 e. The number of carboxylic acids is 1. The molecule has 0 fully saturated rings. The molecule has 0 aromatic rings. The second kappa shape index (κ2) is 7.85. The summed E-state index contributed by atoms with van der Waals surface area (Å²) in [6, 6.07) is -1.47. The third-order valence-corrected chi connectivity index (χ3v) is 1.31. The van der Waals surface area contributed by atoms with Gasteiger partial charge >= 0.3 is 12.0 Å². The Morgan fingerprint density at radius 1 is 1.46 bits per heavy atom. The van der Waals surface area contributed by atoms with Gasteiger partial charge in [0.1, 0.15) is 6.04 Å². The molecule has 0 aliphatic heterocycles. The number of nitrogens with one attached hydrogen (secondary N) is 1. The summed E-state index contributed by atoms with van der Waals surface area (Å²) in [5, 5.41) is 10.7. The summed E-state index contributed by atoms with van der Waals surface area (Å²) in [4.78, 5) is 20.3. The van der Waals surface area contributed by atoms with Gasteiger partial charge in [0.2, 0.25) is 0 Å². The molecule has 0 aromatic heterocycles. The molecule has 0 heterocycles. The van der Waals surface area contributed by atoms with Gasteiger partial charge in [-0.15, -0.1) is 0 Å². The van der Waals surface area contributed by atoms with Crippen LogP contribution in [0.5, 0.6) is 0 Å². The second-order valence-corrected chi connectivity index (χ2v) is 2.38. The predicted octanol–water partition coefficient (Wildman–Crippen LogP) is -1.16. The standard InChI is InChI=1S/C6H13N3O3.Cu/c7-4(5(10)11)2-1-3-9-6(8)12;/h4H,1-3,7H2,(H,10,11)(H3,8,9,12);/t4-;/m0./s1. The van der Waals surface area contributed by atoms with E-state index >= 15 is 0 Å². The Kier molecular flexibility index (Phi) is 8.89. The van der Waals surface area contributed by atoms with Crippen LogP contribution < -0.4 is 16.8 Å². The molecule has 6 nitrogen and oxygen atoms in total. The maximum absolute atomic E-state index is 10.2. The summed E-state index contributed by atoms with van der Waals surface area (Å²) < 4.78 is 0. The average Bonchev–Trinajstić information content (AvgIpc) is 1.97. The van der Waals surface area contributed by atoms with Crippen molar-refractivity contribution in [2.24, 2.45) is 11.5 Å². The molecule has 0 unspecified atom stereocenters. The number of rotatable bonds is 5. The number of hydrogen-bond donors (Lipinski definition) is 4. The molecule has 0 spiro atoms. The van der Waals surface area contributed by atoms with Gasteiger partial charge in [0, 0.05) is 23.6 Å². The number of nitrogens with two attached hydrogens (primary N) is 2. The number of carboxylic acid groups (broad SMARTS) is 1. The van der Waals surface area contributed by atoms with Crippen LogP contribution in [0.3, 0.4) is 0 Å². The minimum atomic E-state index is -1.03. The zero-order valence-corrected chi connectivity index (χ0v) is 7.86. The number of primary amides is 1. The van der Waals surface area contributed by atoms with E-state index in [1.54, 1.807) is 0 Å². The van der Waals surface area contributed by atoms with Crippen molar-refractivity contribution in [1.82, 2.24) is 5.32 Å². The molecule has 1 radical (unpaired) electrons. The number of carbonyl (C=O) groups is 2. The average molecular weight is 239 g/mol. The summed E-state index contributed by atoms with van der Waals surface area (Å²) in [6.45, 7) is 0.357. The van der Waals surface area contributed by atoms with Gasteiger partial charge in [-0.1, -0.05) is 0 Å². The van der Waals surface area contributed by atoms with Gasteiger partial charge < -0.3 is 21.9 Å². The molecule has 2 amide bonds. The van der Waals surface area contributed by atoms with Crippen molar-refractivity contribution in [2.45, 2.75) is 18.9 Å². The van der Waals surface area contributed by atoms with Crippen molar-refractivity contribution in [3.8, 4) is 0 Å². The molecular weight excluding hydrogens is 226 g/mol. The molecule has 0 saturated carbocycles. The molecule has 0 bridgehead atoms. The van der Waals surface area contributed by atoms with Gasteiger partial charge in [0.15, 0.2) is 0 Å². The van der Waals surface area contributed by atoms with Crippen molar-refractivity contribution >= 4 is 12.0 Å². The molecule has 6 N–H and O–H groups in total.